The molecule has 0 aromatic heterocycles. The van der Waals surface area contributed by atoms with E-state index in [0.717, 1.165) is 38.5 Å². The van der Waals surface area contributed by atoms with Crippen molar-refractivity contribution in [2.45, 2.75) is 71.1 Å². The van der Waals surface area contributed by atoms with Gasteiger partial charge in [-0.1, -0.05) is 68.6 Å². The smallest absolute Gasteiger partial charge is 0.306 e. The molecule has 0 unspecified atom stereocenters. The largest absolute Gasteiger partial charge is 0.452 e. The molecule has 2 heteroatoms. The first-order valence-electron chi connectivity index (χ1n) is 8.85. The van der Waals surface area contributed by atoms with Gasteiger partial charge in [-0.25, -0.2) is 0 Å². The number of hydrogen-bond acceptors (Lipinski definition) is 2. The van der Waals surface area contributed by atoms with Gasteiger partial charge in [-0.05, 0) is 38.5 Å². The second kappa shape index (κ2) is 18.3. The number of ether oxygens (including phenoxy) is 1. The second-order valence-corrected chi connectivity index (χ2v) is 5.47. The van der Waals surface area contributed by atoms with Gasteiger partial charge in [0.05, 0.1) is 0 Å². The maximum Gasteiger partial charge on any atom is 0.306 e. The molecule has 0 aromatic carbocycles. The predicted molar refractivity (Wildman–Crippen MR) is 99.1 cm³/mol. The molecular formula is C21H32O2. The van der Waals surface area contributed by atoms with Crippen LogP contribution >= 0.6 is 0 Å². The van der Waals surface area contributed by atoms with E-state index in [4.69, 9.17) is 11.2 Å². The average Bonchev–Trinajstić information content (AvgIpc) is 2.56. The molecule has 0 amide bonds. The van der Waals surface area contributed by atoms with Gasteiger partial charge in [-0.15, -0.1) is 6.42 Å². The van der Waals surface area contributed by atoms with Crippen LogP contribution in [0.2, 0.25) is 0 Å². The topological polar surface area (TPSA) is 26.3 Å². The van der Waals surface area contributed by atoms with Crippen LogP contribution in [0, 0.1) is 12.3 Å². The molecule has 0 radical (unpaired) electrons. The number of allylic oxidation sites excluding steroid dienone is 6. The van der Waals surface area contributed by atoms with E-state index in [2.05, 4.69) is 49.3 Å². The molecule has 0 heterocycles. The lowest BCUT2D eigenvalue weighted by Gasteiger charge is -2.01. The number of esters is 1. The SMILES string of the molecule is C#CCOC(=O)CCCCCCC/C=C\C/C=C\C/C=C\CC. The van der Waals surface area contributed by atoms with Crippen molar-refractivity contribution in [2.24, 2.45) is 0 Å². The van der Waals surface area contributed by atoms with Crippen molar-refractivity contribution in [3.05, 3.63) is 36.5 Å². The number of rotatable bonds is 14. The molecule has 0 fully saturated rings. The van der Waals surface area contributed by atoms with Crippen molar-refractivity contribution in [1.29, 1.82) is 0 Å². The Morgan fingerprint density at radius 1 is 0.913 bits per heavy atom. The fourth-order valence-electron chi connectivity index (χ4n) is 2.08. The van der Waals surface area contributed by atoms with Crippen molar-refractivity contribution in [3.8, 4) is 12.3 Å². The number of unbranched alkanes of at least 4 members (excludes halogenated alkanes) is 5. The van der Waals surface area contributed by atoms with Crippen LogP contribution < -0.4 is 0 Å². The Hall–Kier alpha value is -1.75. The van der Waals surface area contributed by atoms with E-state index in [9.17, 15) is 4.79 Å². The summed E-state index contributed by atoms with van der Waals surface area (Å²) < 4.78 is 4.82. The summed E-state index contributed by atoms with van der Waals surface area (Å²) in [6, 6.07) is 0. The molecule has 0 bridgehead atoms. The van der Waals surface area contributed by atoms with Crippen LogP contribution in [0.4, 0.5) is 0 Å². The quantitative estimate of drug-likeness (QED) is 0.176. The summed E-state index contributed by atoms with van der Waals surface area (Å²) in [4.78, 5) is 11.2. The molecule has 2 nitrogen and oxygen atoms in total. The maximum atomic E-state index is 11.2. The molecule has 0 rings (SSSR count). The molecule has 23 heavy (non-hydrogen) atoms. The molecule has 0 aliphatic carbocycles. The minimum Gasteiger partial charge on any atom is -0.452 e. The molecule has 0 aliphatic rings. The van der Waals surface area contributed by atoms with Crippen molar-refractivity contribution < 1.29 is 9.53 Å². The van der Waals surface area contributed by atoms with Crippen LogP contribution in [0.5, 0.6) is 0 Å². The highest BCUT2D eigenvalue weighted by molar-refractivity contribution is 5.69. The zero-order valence-electron chi connectivity index (χ0n) is 14.6. The molecule has 0 N–H and O–H groups in total. The highest BCUT2D eigenvalue weighted by Crippen LogP contribution is 2.08. The Bertz CT molecular complexity index is 397. The highest BCUT2D eigenvalue weighted by atomic mass is 16.5. The summed E-state index contributed by atoms with van der Waals surface area (Å²) >= 11 is 0. The number of carbonyl (C=O) groups is 1. The van der Waals surface area contributed by atoms with Gasteiger partial charge < -0.3 is 4.74 Å². The van der Waals surface area contributed by atoms with E-state index < -0.39 is 0 Å². The summed E-state index contributed by atoms with van der Waals surface area (Å²) in [7, 11) is 0. The maximum absolute atomic E-state index is 11.2. The van der Waals surface area contributed by atoms with Gasteiger partial charge in [0.25, 0.3) is 0 Å². The standard InChI is InChI=1S/C21H32O2/c1-3-5-6-7-8-9-10-11-12-13-14-15-16-17-18-19-21(22)23-20-4-2/h2,5-6,8-9,11-12H,3,7,10,13-20H2,1H3/b6-5-,9-8-,12-11-. The Morgan fingerprint density at radius 2 is 1.52 bits per heavy atom. The highest BCUT2D eigenvalue weighted by Gasteiger charge is 2.00. The van der Waals surface area contributed by atoms with Gasteiger partial charge in [-0.3, -0.25) is 4.79 Å². The first-order valence-corrected chi connectivity index (χ1v) is 8.85. The van der Waals surface area contributed by atoms with Gasteiger partial charge in [0, 0.05) is 6.42 Å². The van der Waals surface area contributed by atoms with Crippen molar-refractivity contribution in [1.82, 2.24) is 0 Å². The zero-order chi connectivity index (χ0) is 17.0. The Kier molecular flexibility index (Phi) is 16.9. The Balaban J connectivity index is 3.29. The third-order valence-corrected chi connectivity index (χ3v) is 3.35. The van der Waals surface area contributed by atoms with Gasteiger partial charge in [0.2, 0.25) is 0 Å². The van der Waals surface area contributed by atoms with Crippen molar-refractivity contribution >= 4 is 5.97 Å². The summed E-state index contributed by atoms with van der Waals surface area (Å²) in [6.45, 7) is 2.24. The first kappa shape index (κ1) is 21.2. The van der Waals surface area contributed by atoms with E-state index in [1.165, 1.54) is 19.3 Å². The summed E-state index contributed by atoms with van der Waals surface area (Å²) in [5, 5.41) is 0. The minimum absolute atomic E-state index is 0.0931. The summed E-state index contributed by atoms with van der Waals surface area (Å²) in [6.07, 6.45) is 28.8. The van der Waals surface area contributed by atoms with Gasteiger partial charge in [0.15, 0.2) is 6.61 Å². The molecule has 0 aromatic rings. The lowest BCUT2D eigenvalue weighted by molar-refractivity contribution is -0.142. The molecular weight excluding hydrogens is 284 g/mol. The van der Waals surface area contributed by atoms with Crippen LogP contribution in [0.1, 0.15) is 71.1 Å². The molecule has 0 atom stereocenters. The van der Waals surface area contributed by atoms with E-state index in [-0.39, 0.29) is 12.6 Å². The van der Waals surface area contributed by atoms with Gasteiger partial charge >= 0.3 is 5.97 Å². The lowest BCUT2D eigenvalue weighted by Crippen LogP contribution is -2.03. The van der Waals surface area contributed by atoms with Crippen LogP contribution in [-0.2, 0) is 9.53 Å². The number of terminal acetylenes is 1. The van der Waals surface area contributed by atoms with E-state index in [1.54, 1.807) is 0 Å². The third-order valence-electron chi connectivity index (χ3n) is 3.35. The van der Waals surface area contributed by atoms with Crippen molar-refractivity contribution in [2.75, 3.05) is 6.61 Å². The fourth-order valence-corrected chi connectivity index (χ4v) is 2.08. The zero-order valence-corrected chi connectivity index (χ0v) is 14.6. The Labute approximate surface area is 142 Å². The Morgan fingerprint density at radius 3 is 2.22 bits per heavy atom. The van der Waals surface area contributed by atoms with Crippen molar-refractivity contribution in [3.63, 3.8) is 0 Å². The molecule has 128 valence electrons. The summed E-state index contributed by atoms with van der Waals surface area (Å²) in [5.74, 6) is 2.12. The van der Waals surface area contributed by atoms with Crippen LogP contribution in [0.3, 0.4) is 0 Å². The number of carbonyl (C=O) groups excluding carboxylic acids is 1. The van der Waals surface area contributed by atoms with E-state index >= 15 is 0 Å². The first-order chi connectivity index (χ1) is 11.3. The van der Waals surface area contributed by atoms with Gasteiger partial charge in [-0.2, -0.15) is 0 Å². The van der Waals surface area contributed by atoms with E-state index in [1.807, 2.05) is 0 Å². The summed E-state index contributed by atoms with van der Waals surface area (Å²) in [5.41, 5.74) is 0. The molecule has 0 spiro atoms. The second-order valence-electron chi connectivity index (χ2n) is 5.47. The monoisotopic (exact) mass is 316 g/mol. The lowest BCUT2D eigenvalue weighted by atomic mass is 10.1. The van der Waals surface area contributed by atoms with Crippen LogP contribution in [0.15, 0.2) is 36.5 Å². The van der Waals surface area contributed by atoms with E-state index in [0.29, 0.717) is 6.42 Å². The fraction of sp³-hybridized carbons (Fsp3) is 0.571. The van der Waals surface area contributed by atoms with Gasteiger partial charge in [0.1, 0.15) is 0 Å². The predicted octanol–water partition coefficient (Wildman–Crippen LogP) is 5.75. The van der Waals surface area contributed by atoms with Crippen LogP contribution in [0.25, 0.3) is 0 Å². The molecule has 0 saturated heterocycles. The molecule has 0 saturated carbocycles. The average molecular weight is 316 g/mol. The minimum atomic E-state index is -0.177. The third kappa shape index (κ3) is 18.2. The normalized spacial score (nSPS) is 11.5. The molecule has 0 aliphatic heterocycles. The number of hydrogen-bond donors (Lipinski definition) is 0. The van der Waals surface area contributed by atoms with Crippen LogP contribution in [-0.4, -0.2) is 12.6 Å².